The maximum absolute atomic E-state index is 13.5. The summed E-state index contributed by atoms with van der Waals surface area (Å²) in [6.45, 7) is 0.295. The normalized spacial score (nSPS) is 22.9. The first-order valence-electron chi connectivity index (χ1n) is 4.50. The fourth-order valence-corrected chi connectivity index (χ4v) is 2.20. The highest BCUT2D eigenvalue weighted by molar-refractivity contribution is 7.71. The van der Waals surface area contributed by atoms with Crippen LogP contribution in [-0.2, 0) is 10.4 Å². The first kappa shape index (κ1) is 11.1. The summed E-state index contributed by atoms with van der Waals surface area (Å²) in [5.74, 6) is -1.32. The van der Waals surface area contributed by atoms with Crippen LogP contribution in [0.4, 0.5) is 8.78 Å². The topological polar surface area (TPSA) is 29.3 Å². The monoisotopic (exact) mass is 245 g/mol. The van der Waals surface area contributed by atoms with Crippen LogP contribution in [0.2, 0.25) is 0 Å². The van der Waals surface area contributed by atoms with E-state index in [4.69, 9.17) is 10.4 Å². The van der Waals surface area contributed by atoms with Gasteiger partial charge in [-0.3, -0.25) is 0 Å². The molecule has 0 bridgehead atoms. The Morgan fingerprint density at radius 1 is 1.50 bits per heavy atom. The predicted octanol–water partition coefficient (Wildman–Crippen LogP) is 1.58. The molecule has 0 spiro atoms. The summed E-state index contributed by atoms with van der Waals surface area (Å²) >= 11 is 0. The van der Waals surface area contributed by atoms with Crippen molar-refractivity contribution in [2.45, 2.75) is 6.04 Å². The van der Waals surface area contributed by atoms with E-state index >= 15 is 0 Å². The van der Waals surface area contributed by atoms with Crippen molar-refractivity contribution in [3.05, 3.63) is 29.3 Å². The van der Waals surface area contributed by atoms with Crippen molar-refractivity contribution in [3.8, 4) is 11.4 Å². The SMILES string of the molecule is C#S(=O)N1C[C@@H]1c1c(F)cc(OC)cc1F. The zero-order valence-corrected chi connectivity index (χ0v) is 9.26. The maximum atomic E-state index is 13.5. The molecule has 2 rings (SSSR count). The lowest BCUT2D eigenvalue weighted by Gasteiger charge is -2.06. The lowest BCUT2D eigenvalue weighted by molar-refractivity contribution is 0.405. The van der Waals surface area contributed by atoms with Crippen molar-refractivity contribution in [1.82, 2.24) is 4.31 Å². The molecule has 3 nitrogen and oxygen atoms in total. The molecule has 1 saturated heterocycles. The minimum absolute atomic E-state index is 0.111. The van der Waals surface area contributed by atoms with E-state index in [0.29, 0.717) is 6.54 Å². The van der Waals surface area contributed by atoms with Gasteiger partial charge in [0.15, 0.2) is 0 Å². The molecule has 0 amide bonds. The Kier molecular flexibility index (Phi) is 2.71. The van der Waals surface area contributed by atoms with E-state index in [9.17, 15) is 13.0 Å². The molecule has 0 aromatic heterocycles. The molecule has 1 aliphatic heterocycles. The van der Waals surface area contributed by atoms with Gasteiger partial charge in [0.05, 0.1) is 23.5 Å². The molecule has 1 heterocycles. The quantitative estimate of drug-likeness (QED) is 0.740. The Morgan fingerprint density at radius 2 is 2.06 bits per heavy atom. The number of benzene rings is 1. The second-order valence-corrected chi connectivity index (χ2v) is 4.42. The zero-order chi connectivity index (χ0) is 11.9. The minimum atomic E-state index is -1.69. The fraction of sp³-hybridized carbons (Fsp3) is 0.300. The fourth-order valence-electron chi connectivity index (χ4n) is 1.55. The van der Waals surface area contributed by atoms with E-state index in [2.05, 4.69) is 0 Å². The molecule has 2 atom stereocenters. The summed E-state index contributed by atoms with van der Waals surface area (Å²) in [7, 11) is -0.366. The van der Waals surface area contributed by atoms with Crippen LogP contribution in [0, 0.1) is 17.3 Å². The van der Waals surface area contributed by atoms with Gasteiger partial charge in [-0.1, -0.05) is 5.69 Å². The Balaban J connectivity index is 2.37. The molecule has 16 heavy (non-hydrogen) atoms. The van der Waals surface area contributed by atoms with Gasteiger partial charge in [0, 0.05) is 24.2 Å². The van der Waals surface area contributed by atoms with Crippen LogP contribution in [0.5, 0.6) is 5.75 Å². The van der Waals surface area contributed by atoms with Gasteiger partial charge >= 0.3 is 0 Å². The van der Waals surface area contributed by atoms with Crippen LogP contribution in [0.3, 0.4) is 0 Å². The van der Waals surface area contributed by atoms with Gasteiger partial charge in [0.25, 0.3) is 0 Å². The van der Waals surface area contributed by atoms with Gasteiger partial charge in [-0.25, -0.2) is 13.0 Å². The van der Waals surface area contributed by atoms with Crippen LogP contribution < -0.4 is 4.74 Å². The standard InChI is InChI=1S/C10H9F2NO2S/c1-15-6-3-7(11)10(8(12)4-6)9-5-13(9)16(2)14/h2-4,9H,5H2,1H3/t9-,13?/m1/s1. The average Bonchev–Trinajstić information content (AvgIpc) is 2.96. The highest BCUT2D eigenvalue weighted by atomic mass is 32.2. The van der Waals surface area contributed by atoms with Crippen LogP contribution in [0.25, 0.3) is 0 Å². The molecule has 1 unspecified atom stereocenters. The van der Waals surface area contributed by atoms with Gasteiger partial charge < -0.3 is 4.74 Å². The minimum Gasteiger partial charge on any atom is -0.497 e. The summed E-state index contributed by atoms with van der Waals surface area (Å²) < 4.78 is 44.0. The molecule has 1 aromatic carbocycles. The van der Waals surface area contributed by atoms with Crippen LogP contribution in [0.1, 0.15) is 11.6 Å². The Morgan fingerprint density at radius 3 is 2.44 bits per heavy atom. The molecule has 0 N–H and O–H groups in total. The van der Waals surface area contributed by atoms with E-state index < -0.39 is 28.1 Å². The first-order chi connectivity index (χ1) is 7.54. The van der Waals surface area contributed by atoms with Crippen LogP contribution in [-0.4, -0.2) is 22.2 Å². The lowest BCUT2D eigenvalue weighted by Crippen LogP contribution is -1.99. The highest BCUT2D eigenvalue weighted by Gasteiger charge is 2.41. The highest BCUT2D eigenvalue weighted by Crippen LogP contribution is 2.38. The van der Waals surface area contributed by atoms with E-state index in [1.165, 1.54) is 11.4 Å². The van der Waals surface area contributed by atoms with Gasteiger partial charge in [0.2, 0.25) is 0 Å². The zero-order valence-electron chi connectivity index (χ0n) is 8.44. The van der Waals surface area contributed by atoms with E-state index in [0.717, 1.165) is 12.1 Å². The van der Waals surface area contributed by atoms with E-state index in [1.807, 2.05) is 0 Å². The molecule has 1 aromatic rings. The third-order valence-corrected chi connectivity index (χ3v) is 3.29. The lowest BCUT2D eigenvalue weighted by atomic mass is 10.1. The number of methoxy groups -OCH3 is 1. The van der Waals surface area contributed by atoms with Crippen molar-refractivity contribution >= 4 is 10.4 Å². The molecule has 86 valence electrons. The molecule has 0 radical (unpaired) electrons. The number of hydrogen-bond acceptors (Lipinski definition) is 2. The van der Waals surface area contributed by atoms with Gasteiger partial charge in [-0.2, -0.15) is 4.31 Å². The Hall–Kier alpha value is -1.36. The summed E-state index contributed by atoms with van der Waals surface area (Å²) in [6.07, 6.45) is 0. The molecule has 1 fully saturated rings. The molecular formula is C10H9F2NO2S. The number of nitrogens with zero attached hydrogens (tertiary/aromatic N) is 1. The second kappa shape index (κ2) is 3.90. The number of rotatable bonds is 2. The third-order valence-electron chi connectivity index (χ3n) is 2.42. The molecule has 6 heteroatoms. The van der Waals surface area contributed by atoms with Crippen molar-refractivity contribution in [1.29, 1.82) is 0 Å². The van der Waals surface area contributed by atoms with Crippen LogP contribution >= 0.6 is 0 Å². The predicted molar refractivity (Wildman–Crippen MR) is 55.4 cm³/mol. The molecular weight excluding hydrogens is 236 g/mol. The largest absolute Gasteiger partial charge is 0.497 e. The van der Waals surface area contributed by atoms with Crippen molar-refractivity contribution in [3.63, 3.8) is 0 Å². The number of ether oxygens (including phenoxy) is 1. The van der Waals surface area contributed by atoms with Crippen molar-refractivity contribution in [2.24, 2.45) is 0 Å². The molecule has 0 saturated carbocycles. The van der Waals surface area contributed by atoms with Crippen molar-refractivity contribution < 1.29 is 17.7 Å². The van der Waals surface area contributed by atoms with Crippen LogP contribution in [0.15, 0.2) is 12.1 Å². The molecule has 1 aliphatic rings. The van der Waals surface area contributed by atoms with E-state index in [1.54, 1.807) is 0 Å². The van der Waals surface area contributed by atoms with E-state index in [-0.39, 0.29) is 11.3 Å². The summed E-state index contributed by atoms with van der Waals surface area (Å²) in [6, 6.07) is 1.64. The van der Waals surface area contributed by atoms with Gasteiger partial charge in [0.1, 0.15) is 17.4 Å². The average molecular weight is 245 g/mol. The number of halogens is 2. The summed E-state index contributed by atoms with van der Waals surface area (Å²) in [5.41, 5.74) is 5.00. The Labute approximate surface area is 93.4 Å². The first-order valence-corrected chi connectivity index (χ1v) is 5.67. The summed E-state index contributed by atoms with van der Waals surface area (Å²) in [4.78, 5) is 0. The van der Waals surface area contributed by atoms with Gasteiger partial charge in [-0.15, -0.1) is 0 Å². The maximum Gasteiger partial charge on any atom is 0.134 e. The third kappa shape index (κ3) is 1.82. The summed E-state index contributed by atoms with van der Waals surface area (Å²) in [5, 5.41) is 0. The Bertz CT molecular complexity index is 532. The number of hydrogen-bond donors (Lipinski definition) is 0. The smallest absolute Gasteiger partial charge is 0.134 e. The second-order valence-electron chi connectivity index (χ2n) is 3.40. The molecule has 0 aliphatic carbocycles. The van der Waals surface area contributed by atoms with Gasteiger partial charge in [-0.05, 0) is 0 Å². The van der Waals surface area contributed by atoms with Crippen molar-refractivity contribution in [2.75, 3.05) is 13.7 Å².